The van der Waals surface area contributed by atoms with E-state index in [4.69, 9.17) is 15.5 Å². The second kappa shape index (κ2) is 11.1. The summed E-state index contributed by atoms with van der Waals surface area (Å²) < 4.78 is 29.5. The van der Waals surface area contributed by atoms with Gasteiger partial charge in [-0.2, -0.15) is 0 Å². The molecule has 0 bridgehead atoms. The number of aliphatic imine (C=N–C) groups is 2. The molecule has 34 heavy (non-hydrogen) atoms. The fourth-order valence-electron chi connectivity index (χ4n) is 3.82. The molecular weight excluding hydrogens is 452 g/mol. The molecule has 0 amide bonds. The summed E-state index contributed by atoms with van der Waals surface area (Å²) in [7, 11) is -3.32. The molecular formula is C24H32N6O3S. The van der Waals surface area contributed by atoms with Crippen molar-refractivity contribution in [2.45, 2.75) is 32.1 Å². The Morgan fingerprint density at radius 3 is 2.82 bits per heavy atom. The Hall–Kier alpha value is -3.40. The lowest BCUT2D eigenvalue weighted by Crippen LogP contribution is -2.38. The molecule has 2 aliphatic rings. The van der Waals surface area contributed by atoms with Crippen molar-refractivity contribution in [3.8, 4) is 5.88 Å². The minimum Gasteiger partial charge on any atom is -0.474 e. The molecule has 0 spiro atoms. The molecule has 0 aliphatic carbocycles. The summed E-state index contributed by atoms with van der Waals surface area (Å²) >= 11 is 0. The van der Waals surface area contributed by atoms with Crippen LogP contribution in [-0.2, 0) is 9.84 Å². The van der Waals surface area contributed by atoms with Crippen LogP contribution in [0.25, 0.3) is 0 Å². The molecule has 0 saturated carbocycles. The quantitative estimate of drug-likeness (QED) is 0.503. The summed E-state index contributed by atoms with van der Waals surface area (Å²) in [5.41, 5.74) is 10.8. The summed E-state index contributed by atoms with van der Waals surface area (Å²) in [5, 5.41) is 3.37. The number of hydrogen-bond acceptors (Lipinski definition) is 8. The first-order valence-electron chi connectivity index (χ1n) is 11.3. The molecule has 1 aromatic heterocycles. The van der Waals surface area contributed by atoms with Crippen LogP contribution in [0.1, 0.15) is 25.8 Å². The Kier molecular flexibility index (Phi) is 8.27. The summed E-state index contributed by atoms with van der Waals surface area (Å²) in [6, 6.07) is 6.63. The smallest absolute Gasteiger partial charge is 0.237 e. The molecule has 0 unspecified atom stereocenters. The van der Waals surface area contributed by atoms with Crippen LogP contribution in [0.2, 0.25) is 0 Å². The van der Waals surface area contributed by atoms with Crippen molar-refractivity contribution in [1.29, 1.82) is 0 Å². The Morgan fingerprint density at radius 1 is 1.29 bits per heavy atom. The normalized spacial score (nSPS) is 18.2. The van der Waals surface area contributed by atoms with Crippen molar-refractivity contribution in [2.75, 3.05) is 42.7 Å². The molecule has 1 fully saturated rings. The average Bonchev–Trinajstić information content (AvgIpc) is 2.85. The van der Waals surface area contributed by atoms with E-state index in [9.17, 15) is 8.42 Å². The van der Waals surface area contributed by atoms with Crippen molar-refractivity contribution < 1.29 is 13.2 Å². The van der Waals surface area contributed by atoms with Crippen LogP contribution < -0.4 is 20.7 Å². The molecule has 1 aromatic carbocycles. The first-order valence-corrected chi connectivity index (χ1v) is 13.2. The van der Waals surface area contributed by atoms with Gasteiger partial charge in [0.1, 0.15) is 12.3 Å². The zero-order valence-corrected chi connectivity index (χ0v) is 20.9. The molecule has 3 heterocycles. The summed E-state index contributed by atoms with van der Waals surface area (Å²) in [5.74, 6) is 0.624. The number of anilines is 2. The number of rotatable bonds is 4. The maximum Gasteiger partial charge on any atom is 0.237 e. The van der Waals surface area contributed by atoms with Gasteiger partial charge >= 0.3 is 0 Å². The number of nitrogens with zero attached hydrogens (tertiary/aromatic N) is 4. The van der Waals surface area contributed by atoms with Crippen molar-refractivity contribution in [3.63, 3.8) is 0 Å². The SMILES string of the molecule is CC.Cc1c(N2CC/C(=C/N=CN)C(=Nc3cccc(S(C)(=O)=O)c3)C2)cnc2c1NCCO2. The molecule has 9 nitrogen and oxygen atoms in total. The van der Waals surface area contributed by atoms with Crippen LogP contribution in [0.4, 0.5) is 17.1 Å². The highest BCUT2D eigenvalue weighted by Crippen LogP contribution is 2.36. The molecule has 0 radical (unpaired) electrons. The molecule has 10 heteroatoms. The molecule has 1 saturated heterocycles. The van der Waals surface area contributed by atoms with Gasteiger partial charge in [0, 0.05) is 31.1 Å². The van der Waals surface area contributed by atoms with Crippen molar-refractivity contribution in [1.82, 2.24) is 4.98 Å². The number of nitrogens with one attached hydrogen (secondary N) is 1. The van der Waals surface area contributed by atoms with Gasteiger partial charge in [0.05, 0.1) is 41.1 Å². The fraction of sp³-hybridized carbons (Fsp3) is 0.375. The number of sulfone groups is 1. The van der Waals surface area contributed by atoms with Crippen molar-refractivity contribution in [2.24, 2.45) is 15.7 Å². The van der Waals surface area contributed by atoms with Gasteiger partial charge in [-0.3, -0.25) is 4.99 Å². The third-order valence-corrected chi connectivity index (χ3v) is 6.56. The highest BCUT2D eigenvalue weighted by atomic mass is 32.2. The molecule has 182 valence electrons. The molecule has 2 aliphatic heterocycles. The van der Waals surface area contributed by atoms with E-state index in [1.54, 1.807) is 30.5 Å². The molecule has 3 N–H and O–H groups in total. The van der Waals surface area contributed by atoms with Crippen LogP contribution in [0.3, 0.4) is 0 Å². The summed E-state index contributed by atoms with van der Waals surface area (Å²) in [6.45, 7) is 8.68. The molecule has 0 atom stereocenters. The lowest BCUT2D eigenvalue weighted by molar-refractivity contribution is 0.310. The van der Waals surface area contributed by atoms with E-state index in [1.165, 1.54) is 12.6 Å². The minimum absolute atomic E-state index is 0.235. The number of aromatic nitrogens is 1. The highest BCUT2D eigenvalue weighted by Gasteiger charge is 2.25. The van der Waals surface area contributed by atoms with Crippen LogP contribution >= 0.6 is 0 Å². The Labute approximate surface area is 201 Å². The zero-order valence-electron chi connectivity index (χ0n) is 20.1. The zero-order chi connectivity index (χ0) is 24.7. The second-order valence-electron chi connectivity index (χ2n) is 7.68. The Balaban J connectivity index is 0.00000158. The van der Waals surface area contributed by atoms with Gasteiger partial charge in [0.2, 0.25) is 5.88 Å². The van der Waals surface area contributed by atoms with Crippen molar-refractivity contribution in [3.05, 3.63) is 47.8 Å². The predicted molar refractivity (Wildman–Crippen MR) is 139 cm³/mol. The van der Waals surface area contributed by atoms with Gasteiger partial charge in [-0.05, 0) is 37.1 Å². The number of nitrogens with two attached hydrogens (primary N) is 1. The van der Waals surface area contributed by atoms with Gasteiger partial charge in [0.15, 0.2) is 9.84 Å². The van der Waals surface area contributed by atoms with Crippen molar-refractivity contribution >= 4 is 38.9 Å². The standard InChI is InChI=1S/C22H26N6O3S.C2H6/c1-15-20(12-26-22-21(15)25-7-9-31-22)28-8-6-16(11-24-14-23)19(13-28)27-17-4-3-5-18(10-17)32(2,29)30;1-2/h3-5,10-12,14,25H,6-9,13H2,1-2H3,(H2,23,24);1-2H3/b16-11-,27-19?;. The van der Waals surface area contributed by atoms with Gasteiger partial charge in [-0.1, -0.05) is 19.9 Å². The van der Waals surface area contributed by atoms with E-state index >= 15 is 0 Å². The number of ether oxygens (including phenoxy) is 1. The highest BCUT2D eigenvalue weighted by molar-refractivity contribution is 7.90. The number of hydrogen-bond donors (Lipinski definition) is 2. The summed E-state index contributed by atoms with van der Waals surface area (Å²) in [4.78, 5) is 15.8. The monoisotopic (exact) mass is 484 g/mol. The van der Waals surface area contributed by atoms with E-state index in [1.807, 2.05) is 27.0 Å². The van der Waals surface area contributed by atoms with Crippen LogP contribution in [0.15, 0.2) is 57.1 Å². The molecule has 2 aromatic rings. The number of pyridine rings is 1. The van der Waals surface area contributed by atoms with Gasteiger partial charge in [-0.15, -0.1) is 0 Å². The third-order valence-electron chi connectivity index (χ3n) is 5.45. The molecule has 4 rings (SSSR count). The minimum atomic E-state index is -3.32. The average molecular weight is 485 g/mol. The van der Waals surface area contributed by atoms with Gasteiger partial charge < -0.3 is 20.7 Å². The van der Waals surface area contributed by atoms with E-state index in [2.05, 4.69) is 20.2 Å². The lowest BCUT2D eigenvalue weighted by atomic mass is 10.0. The van der Waals surface area contributed by atoms with Crippen LogP contribution in [0.5, 0.6) is 5.88 Å². The first kappa shape index (κ1) is 25.2. The van der Waals surface area contributed by atoms with Gasteiger partial charge in [0.25, 0.3) is 0 Å². The third kappa shape index (κ3) is 5.74. The number of benzene rings is 1. The van der Waals surface area contributed by atoms with E-state index in [0.717, 1.165) is 41.3 Å². The topological polar surface area (TPSA) is 122 Å². The predicted octanol–water partition coefficient (Wildman–Crippen LogP) is 3.48. The van der Waals surface area contributed by atoms with Gasteiger partial charge in [-0.25, -0.2) is 18.4 Å². The first-order chi connectivity index (χ1) is 16.4. The summed E-state index contributed by atoms with van der Waals surface area (Å²) in [6.07, 6.45) is 6.68. The fourth-order valence-corrected chi connectivity index (χ4v) is 4.48. The Bertz CT molecular complexity index is 1220. The largest absolute Gasteiger partial charge is 0.474 e. The maximum absolute atomic E-state index is 12.0. The lowest BCUT2D eigenvalue weighted by Gasteiger charge is -2.33. The maximum atomic E-state index is 12.0. The van der Waals surface area contributed by atoms with E-state index < -0.39 is 9.84 Å². The Morgan fingerprint density at radius 2 is 2.09 bits per heavy atom. The second-order valence-corrected chi connectivity index (χ2v) is 9.69. The van der Waals surface area contributed by atoms with E-state index in [0.29, 0.717) is 31.1 Å². The van der Waals surface area contributed by atoms with Crippen LogP contribution in [-0.4, -0.2) is 57.9 Å². The van der Waals surface area contributed by atoms with E-state index in [-0.39, 0.29) is 4.90 Å². The number of fused-ring (bicyclic) bond motifs is 1. The van der Waals surface area contributed by atoms with Crippen LogP contribution in [0, 0.1) is 6.92 Å². The number of piperidine rings is 1.